The lowest BCUT2D eigenvalue weighted by molar-refractivity contribution is 0.0360. The fourth-order valence-corrected chi connectivity index (χ4v) is 4.00. The van der Waals surface area contributed by atoms with Gasteiger partial charge in [-0.25, -0.2) is 4.98 Å². The van der Waals surface area contributed by atoms with Crippen LogP contribution in [0, 0.1) is 6.92 Å². The number of nitrogens with one attached hydrogen (secondary N) is 1. The minimum absolute atomic E-state index is 0.293. The molecule has 1 aliphatic rings. The van der Waals surface area contributed by atoms with Gasteiger partial charge in [-0.3, -0.25) is 24.3 Å². The van der Waals surface area contributed by atoms with Gasteiger partial charge < -0.3 is 10.1 Å². The van der Waals surface area contributed by atoms with E-state index in [1.807, 2.05) is 60.3 Å². The van der Waals surface area contributed by atoms with Crippen LogP contribution < -0.4 is 5.32 Å². The molecule has 1 aliphatic heterocycles. The predicted molar refractivity (Wildman–Crippen MR) is 133 cm³/mol. The minimum Gasteiger partial charge on any atom is -0.379 e. The van der Waals surface area contributed by atoms with E-state index in [1.54, 1.807) is 18.6 Å². The van der Waals surface area contributed by atoms with Crippen LogP contribution in [0.3, 0.4) is 0 Å². The zero-order valence-electron chi connectivity index (χ0n) is 19.6. The number of hydrogen-bond acceptors (Lipinski definition) is 7. The Balaban J connectivity index is 1.40. The first-order valence-corrected chi connectivity index (χ1v) is 11.7. The molecule has 0 atom stereocenters. The molecule has 35 heavy (non-hydrogen) atoms. The van der Waals surface area contributed by atoms with Crippen LogP contribution in [0.15, 0.2) is 67.3 Å². The molecule has 4 aromatic heterocycles. The zero-order chi connectivity index (χ0) is 24.0. The third kappa shape index (κ3) is 5.42. The lowest BCUT2D eigenvalue weighted by Gasteiger charge is -2.26. The number of aryl methyl sites for hydroxylation is 1. The molecule has 9 nitrogen and oxygen atoms in total. The molecule has 0 saturated carbocycles. The first-order valence-electron chi connectivity index (χ1n) is 11.7. The molecule has 0 radical (unpaired) electrons. The number of amides is 1. The van der Waals surface area contributed by atoms with E-state index in [4.69, 9.17) is 9.84 Å². The molecule has 1 N–H and O–H groups in total. The van der Waals surface area contributed by atoms with Gasteiger partial charge in [0, 0.05) is 50.0 Å². The molecule has 1 amide bonds. The van der Waals surface area contributed by atoms with E-state index in [-0.39, 0.29) is 5.91 Å². The molecule has 9 heteroatoms. The first kappa shape index (κ1) is 22.8. The summed E-state index contributed by atoms with van der Waals surface area (Å²) in [6.45, 7) is 6.76. The predicted octanol–water partition coefficient (Wildman–Crippen LogP) is 3.30. The van der Waals surface area contributed by atoms with Crippen LogP contribution in [0.4, 0.5) is 5.69 Å². The van der Waals surface area contributed by atoms with Crippen LogP contribution in [0.25, 0.3) is 22.6 Å². The molecule has 0 aromatic carbocycles. The molecule has 0 bridgehead atoms. The lowest BCUT2D eigenvalue weighted by atomic mass is 10.1. The highest BCUT2D eigenvalue weighted by atomic mass is 16.5. The van der Waals surface area contributed by atoms with Crippen molar-refractivity contribution in [3.8, 4) is 22.6 Å². The number of carbonyl (C=O) groups excluding carboxylic acids is 1. The van der Waals surface area contributed by atoms with Gasteiger partial charge in [-0.2, -0.15) is 5.10 Å². The molecule has 4 aromatic rings. The highest BCUT2D eigenvalue weighted by molar-refractivity contribution is 6.05. The van der Waals surface area contributed by atoms with Gasteiger partial charge in [0.05, 0.1) is 36.8 Å². The zero-order valence-corrected chi connectivity index (χ0v) is 19.6. The van der Waals surface area contributed by atoms with Crippen molar-refractivity contribution in [3.63, 3.8) is 0 Å². The fraction of sp³-hybridized carbons (Fsp3) is 0.269. The van der Waals surface area contributed by atoms with Crippen molar-refractivity contribution in [2.24, 2.45) is 0 Å². The second-order valence-corrected chi connectivity index (χ2v) is 8.38. The number of nitrogens with zero attached hydrogens (tertiary/aromatic N) is 6. The Morgan fingerprint density at radius 1 is 1.03 bits per heavy atom. The average molecular weight is 470 g/mol. The Labute approximate surface area is 203 Å². The highest BCUT2D eigenvalue weighted by Gasteiger charge is 2.19. The summed E-state index contributed by atoms with van der Waals surface area (Å²) in [7, 11) is 0. The van der Waals surface area contributed by atoms with Crippen LogP contribution in [0.1, 0.15) is 16.1 Å². The summed E-state index contributed by atoms with van der Waals surface area (Å²) in [6, 6.07) is 13.2. The Kier molecular flexibility index (Phi) is 6.87. The van der Waals surface area contributed by atoms with Crippen molar-refractivity contribution in [2.45, 2.75) is 13.5 Å². The van der Waals surface area contributed by atoms with Crippen LogP contribution in [0.2, 0.25) is 0 Å². The monoisotopic (exact) mass is 469 g/mol. The molecule has 0 aliphatic carbocycles. The summed E-state index contributed by atoms with van der Waals surface area (Å²) in [5.41, 5.74) is 4.62. The van der Waals surface area contributed by atoms with E-state index in [0.29, 0.717) is 35.0 Å². The summed E-state index contributed by atoms with van der Waals surface area (Å²) >= 11 is 0. The molecule has 0 unspecified atom stereocenters. The molecule has 5 heterocycles. The van der Waals surface area contributed by atoms with Crippen molar-refractivity contribution in [1.82, 2.24) is 29.6 Å². The van der Waals surface area contributed by atoms with Gasteiger partial charge in [-0.05, 0) is 42.8 Å². The van der Waals surface area contributed by atoms with Gasteiger partial charge in [-0.1, -0.05) is 12.1 Å². The van der Waals surface area contributed by atoms with E-state index >= 15 is 0 Å². The minimum atomic E-state index is -0.293. The van der Waals surface area contributed by atoms with Gasteiger partial charge in [0.15, 0.2) is 0 Å². The van der Waals surface area contributed by atoms with Crippen molar-refractivity contribution in [3.05, 3.63) is 78.5 Å². The van der Waals surface area contributed by atoms with Crippen LogP contribution in [0.5, 0.6) is 0 Å². The molecular formula is C26H27N7O2. The Morgan fingerprint density at radius 2 is 1.91 bits per heavy atom. The summed E-state index contributed by atoms with van der Waals surface area (Å²) in [5, 5.41) is 7.78. The van der Waals surface area contributed by atoms with Gasteiger partial charge in [0.25, 0.3) is 5.91 Å². The number of rotatable bonds is 7. The Hall–Kier alpha value is -3.95. The van der Waals surface area contributed by atoms with Gasteiger partial charge in [0.2, 0.25) is 0 Å². The molecule has 1 fully saturated rings. The number of pyridine rings is 3. The molecule has 5 rings (SSSR count). The lowest BCUT2D eigenvalue weighted by Crippen LogP contribution is -2.38. The quantitative estimate of drug-likeness (QED) is 0.443. The van der Waals surface area contributed by atoms with Crippen LogP contribution in [-0.2, 0) is 11.3 Å². The summed E-state index contributed by atoms with van der Waals surface area (Å²) < 4.78 is 7.30. The largest absolute Gasteiger partial charge is 0.379 e. The third-order valence-electron chi connectivity index (χ3n) is 5.94. The van der Waals surface area contributed by atoms with Gasteiger partial charge in [-0.15, -0.1) is 0 Å². The van der Waals surface area contributed by atoms with Crippen LogP contribution in [-0.4, -0.2) is 68.4 Å². The van der Waals surface area contributed by atoms with E-state index in [0.717, 1.165) is 44.0 Å². The van der Waals surface area contributed by atoms with Gasteiger partial charge >= 0.3 is 0 Å². The summed E-state index contributed by atoms with van der Waals surface area (Å²) in [6.07, 6.45) is 7.03. The second kappa shape index (κ2) is 10.5. The van der Waals surface area contributed by atoms with E-state index in [2.05, 4.69) is 25.2 Å². The third-order valence-corrected chi connectivity index (χ3v) is 5.94. The molecule has 0 spiro atoms. The standard InChI is InChI=1S/C26H27N7O2/c1-19-7-8-21(20-5-4-9-27-17-20)29-24(19)26(34)30-23-18-33(12-11-32-13-15-35-16-14-32)31-25(23)22-6-2-3-10-28-22/h2-10,17-18H,11-16H2,1H3,(H,30,34). The number of ether oxygens (including phenoxy) is 1. The van der Waals surface area contributed by atoms with E-state index < -0.39 is 0 Å². The Morgan fingerprint density at radius 3 is 2.69 bits per heavy atom. The number of aromatic nitrogens is 5. The van der Waals surface area contributed by atoms with Crippen molar-refractivity contribution < 1.29 is 9.53 Å². The van der Waals surface area contributed by atoms with Crippen molar-refractivity contribution >= 4 is 11.6 Å². The molecular weight excluding hydrogens is 442 g/mol. The normalized spacial score (nSPS) is 14.1. The first-order chi connectivity index (χ1) is 17.2. The maximum Gasteiger partial charge on any atom is 0.274 e. The molecule has 1 saturated heterocycles. The number of hydrogen-bond donors (Lipinski definition) is 1. The summed E-state index contributed by atoms with van der Waals surface area (Å²) in [4.78, 5) is 28.9. The summed E-state index contributed by atoms with van der Waals surface area (Å²) in [5.74, 6) is -0.293. The maximum atomic E-state index is 13.3. The number of anilines is 1. The molecule has 178 valence electrons. The topological polar surface area (TPSA) is 98.1 Å². The number of morpholine rings is 1. The Bertz CT molecular complexity index is 1290. The number of carbonyl (C=O) groups is 1. The van der Waals surface area contributed by atoms with Crippen molar-refractivity contribution in [2.75, 3.05) is 38.2 Å². The highest BCUT2D eigenvalue weighted by Crippen LogP contribution is 2.26. The van der Waals surface area contributed by atoms with Gasteiger partial charge in [0.1, 0.15) is 11.4 Å². The van der Waals surface area contributed by atoms with Crippen LogP contribution >= 0.6 is 0 Å². The smallest absolute Gasteiger partial charge is 0.274 e. The van der Waals surface area contributed by atoms with Crippen molar-refractivity contribution in [1.29, 1.82) is 0 Å². The van der Waals surface area contributed by atoms with E-state index in [1.165, 1.54) is 0 Å². The fourth-order valence-electron chi connectivity index (χ4n) is 4.00. The average Bonchev–Trinajstić information content (AvgIpc) is 3.32. The maximum absolute atomic E-state index is 13.3. The second-order valence-electron chi connectivity index (χ2n) is 8.38. The SMILES string of the molecule is Cc1ccc(-c2cccnc2)nc1C(=O)Nc1cn(CCN2CCOCC2)nc1-c1ccccn1. The van der Waals surface area contributed by atoms with E-state index in [9.17, 15) is 4.79 Å².